The average molecular weight is 264 g/mol. The topological polar surface area (TPSA) is 84.6 Å². The lowest BCUT2D eigenvalue weighted by Crippen LogP contribution is -2.46. The molecule has 19 heavy (non-hydrogen) atoms. The highest BCUT2D eigenvalue weighted by Gasteiger charge is 2.31. The number of ether oxygens (including phenoxy) is 1. The fraction of sp³-hybridized carbons (Fsp3) is 0.500. The standard InChI is InChI=1S/C14H20N2O3/c1-10(18)12-8-11(2-3-13(12)15)16-14(9-17)4-6-19-7-5-14/h2-3,8,16-17H,4-7,9,15H2,1H3. The molecule has 0 bridgehead atoms. The van der Waals surface area contributed by atoms with Crippen LogP contribution in [-0.2, 0) is 4.74 Å². The molecule has 4 N–H and O–H groups in total. The van der Waals surface area contributed by atoms with Crippen LogP contribution in [0.4, 0.5) is 11.4 Å². The van der Waals surface area contributed by atoms with Gasteiger partial charge in [0.15, 0.2) is 5.78 Å². The van der Waals surface area contributed by atoms with Crippen molar-refractivity contribution in [3.05, 3.63) is 23.8 Å². The lowest BCUT2D eigenvalue weighted by Gasteiger charge is -2.37. The predicted molar refractivity (Wildman–Crippen MR) is 74.4 cm³/mol. The summed E-state index contributed by atoms with van der Waals surface area (Å²) in [5, 5.41) is 13.0. The summed E-state index contributed by atoms with van der Waals surface area (Å²) in [7, 11) is 0. The monoisotopic (exact) mass is 264 g/mol. The summed E-state index contributed by atoms with van der Waals surface area (Å²) in [4.78, 5) is 11.5. The molecule has 104 valence electrons. The van der Waals surface area contributed by atoms with Crippen molar-refractivity contribution in [3.8, 4) is 0 Å². The molecule has 5 nitrogen and oxygen atoms in total. The molecule has 0 atom stereocenters. The smallest absolute Gasteiger partial charge is 0.161 e. The Bertz CT molecular complexity index is 468. The molecule has 0 aliphatic carbocycles. The van der Waals surface area contributed by atoms with E-state index in [4.69, 9.17) is 10.5 Å². The third kappa shape index (κ3) is 3.05. The van der Waals surface area contributed by atoms with Gasteiger partial charge >= 0.3 is 0 Å². The van der Waals surface area contributed by atoms with E-state index in [1.165, 1.54) is 6.92 Å². The highest BCUT2D eigenvalue weighted by Crippen LogP contribution is 2.27. The van der Waals surface area contributed by atoms with Gasteiger partial charge in [-0.05, 0) is 38.0 Å². The van der Waals surface area contributed by atoms with Crippen molar-refractivity contribution in [1.29, 1.82) is 0 Å². The Balaban J connectivity index is 2.22. The van der Waals surface area contributed by atoms with Crippen LogP contribution in [0.3, 0.4) is 0 Å². The van der Waals surface area contributed by atoms with Crippen molar-refractivity contribution in [2.24, 2.45) is 0 Å². The Labute approximate surface area is 112 Å². The summed E-state index contributed by atoms with van der Waals surface area (Å²) >= 11 is 0. The highest BCUT2D eigenvalue weighted by molar-refractivity contribution is 6.00. The quantitative estimate of drug-likeness (QED) is 0.566. The highest BCUT2D eigenvalue weighted by atomic mass is 16.5. The Kier molecular flexibility index (Phi) is 4.07. The first-order chi connectivity index (χ1) is 9.06. The van der Waals surface area contributed by atoms with Gasteiger partial charge in [0, 0.05) is 30.2 Å². The molecule has 0 radical (unpaired) electrons. The zero-order valence-corrected chi connectivity index (χ0v) is 11.1. The summed E-state index contributed by atoms with van der Waals surface area (Å²) in [6, 6.07) is 5.28. The minimum Gasteiger partial charge on any atom is -0.398 e. The number of hydrogen-bond acceptors (Lipinski definition) is 5. The van der Waals surface area contributed by atoms with E-state index in [9.17, 15) is 9.90 Å². The second kappa shape index (κ2) is 5.59. The van der Waals surface area contributed by atoms with Crippen LogP contribution in [0.5, 0.6) is 0 Å². The van der Waals surface area contributed by atoms with E-state index < -0.39 is 0 Å². The Morgan fingerprint density at radius 1 is 1.47 bits per heavy atom. The zero-order chi connectivity index (χ0) is 13.9. The molecule has 0 amide bonds. The van der Waals surface area contributed by atoms with E-state index in [1.807, 2.05) is 6.07 Å². The van der Waals surface area contributed by atoms with E-state index in [-0.39, 0.29) is 17.9 Å². The number of ketones is 1. The fourth-order valence-corrected chi connectivity index (χ4v) is 2.33. The molecule has 1 aromatic carbocycles. The van der Waals surface area contributed by atoms with E-state index in [2.05, 4.69) is 5.32 Å². The van der Waals surface area contributed by atoms with Crippen molar-refractivity contribution in [3.63, 3.8) is 0 Å². The van der Waals surface area contributed by atoms with Gasteiger partial charge in [-0.25, -0.2) is 0 Å². The van der Waals surface area contributed by atoms with Gasteiger partial charge in [-0.3, -0.25) is 4.79 Å². The molecule has 5 heteroatoms. The lowest BCUT2D eigenvalue weighted by molar-refractivity contribution is 0.0380. The summed E-state index contributed by atoms with van der Waals surface area (Å²) in [6.45, 7) is 2.78. The number of Topliss-reactive ketones (excluding diaryl/α,β-unsaturated/α-hetero) is 1. The average Bonchev–Trinajstić information content (AvgIpc) is 2.42. The molecule has 1 heterocycles. The molecular formula is C14H20N2O3. The van der Waals surface area contributed by atoms with Crippen LogP contribution < -0.4 is 11.1 Å². The maximum absolute atomic E-state index is 11.5. The van der Waals surface area contributed by atoms with Crippen molar-refractivity contribution >= 4 is 17.2 Å². The number of benzene rings is 1. The van der Waals surface area contributed by atoms with E-state index in [0.717, 1.165) is 18.5 Å². The van der Waals surface area contributed by atoms with Crippen LogP contribution in [0.2, 0.25) is 0 Å². The molecule has 0 aromatic heterocycles. The fourth-order valence-electron chi connectivity index (χ4n) is 2.33. The van der Waals surface area contributed by atoms with Gasteiger partial charge in [-0.15, -0.1) is 0 Å². The van der Waals surface area contributed by atoms with E-state index in [1.54, 1.807) is 12.1 Å². The summed E-state index contributed by atoms with van der Waals surface area (Å²) in [5.41, 5.74) is 7.18. The first kappa shape index (κ1) is 13.8. The maximum Gasteiger partial charge on any atom is 0.161 e. The SMILES string of the molecule is CC(=O)c1cc(NC2(CO)CCOCC2)ccc1N. The number of aliphatic hydroxyl groups is 1. The van der Waals surface area contributed by atoms with Gasteiger partial charge in [-0.1, -0.05) is 0 Å². The second-order valence-electron chi connectivity index (χ2n) is 5.03. The number of anilines is 2. The summed E-state index contributed by atoms with van der Waals surface area (Å²) in [6.07, 6.45) is 1.48. The first-order valence-corrected chi connectivity index (χ1v) is 6.44. The molecule has 1 saturated heterocycles. The molecule has 0 spiro atoms. The molecule has 1 aromatic rings. The van der Waals surface area contributed by atoms with Crippen molar-refractivity contribution in [1.82, 2.24) is 0 Å². The van der Waals surface area contributed by atoms with Gasteiger partial charge in [0.25, 0.3) is 0 Å². The number of hydrogen-bond donors (Lipinski definition) is 3. The van der Waals surface area contributed by atoms with Crippen molar-refractivity contribution in [2.45, 2.75) is 25.3 Å². The zero-order valence-electron chi connectivity index (χ0n) is 11.1. The molecule has 1 aliphatic heterocycles. The number of carbonyl (C=O) groups excluding carboxylic acids is 1. The third-order valence-electron chi connectivity index (χ3n) is 3.59. The summed E-state index contributed by atoms with van der Waals surface area (Å²) < 4.78 is 5.32. The Morgan fingerprint density at radius 3 is 2.74 bits per heavy atom. The first-order valence-electron chi connectivity index (χ1n) is 6.44. The van der Waals surface area contributed by atoms with Gasteiger partial charge < -0.3 is 20.9 Å². The van der Waals surface area contributed by atoms with Crippen LogP contribution in [0.25, 0.3) is 0 Å². The van der Waals surface area contributed by atoms with Crippen LogP contribution in [0, 0.1) is 0 Å². The van der Waals surface area contributed by atoms with Crippen LogP contribution in [-0.4, -0.2) is 36.2 Å². The maximum atomic E-state index is 11.5. The van der Waals surface area contributed by atoms with Crippen LogP contribution in [0.15, 0.2) is 18.2 Å². The molecule has 1 aliphatic rings. The third-order valence-corrected chi connectivity index (χ3v) is 3.59. The number of nitrogen functional groups attached to an aromatic ring is 1. The number of nitrogens with one attached hydrogen (secondary N) is 1. The minimum absolute atomic E-state index is 0.0378. The van der Waals surface area contributed by atoms with Crippen molar-refractivity contribution in [2.75, 3.05) is 30.9 Å². The number of carbonyl (C=O) groups is 1. The molecule has 0 saturated carbocycles. The molecule has 2 rings (SSSR count). The van der Waals surface area contributed by atoms with E-state index in [0.29, 0.717) is 24.5 Å². The normalized spacial score (nSPS) is 18.0. The number of nitrogens with two attached hydrogens (primary N) is 1. The molecular weight excluding hydrogens is 244 g/mol. The number of rotatable bonds is 4. The van der Waals surface area contributed by atoms with Gasteiger partial charge in [0.05, 0.1) is 12.1 Å². The Morgan fingerprint density at radius 2 is 2.16 bits per heavy atom. The summed E-state index contributed by atoms with van der Waals surface area (Å²) in [5.74, 6) is -0.0637. The lowest BCUT2D eigenvalue weighted by atomic mass is 9.90. The number of aliphatic hydroxyl groups excluding tert-OH is 1. The van der Waals surface area contributed by atoms with E-state index >= 15 is 0 Å². The predicted octanol–water partition coefficient (Wildman–Crippen LogP) is 1.42. The van der Waals surface area contributed by atoms with Crippen LogP contribution in [0.1, 0.15) is 30.1 Å². The van der Waals surface area contributed by atoms with Gasteiger partial charge in [-0.2, -0.15) is 0 Å². The minimum atomic E-state index is -0.373. The second-order valence-corrected chi connectivity index (χ2v) is 5.03. The largest absolute Gasteiger partial charge is 0.398 e. The van der Waals surface area contributed by atoms with Gasteiger partial charge in [0.2, 0.25) is 0 Å². The van der Waals surface area contributed by atoms with Gasteiger partial charge in [0.1, 0.15) is 0 Å². The van der Waals surface area contributed by atoms with Crippen LogP contribution >= 0.6 is 0 Å². The van der Waals surface area contributed by atoms with Crippen molar-refractivity contribution < 1.29 is 14.6 Å². The molecule has 0 unspecified atom stereocenters. The Hall–Kier alpha value is -1.59. The molecule has 1 fully saturated rings.